The van der Waals surface area contributed by atoms with Gasteiger partial charge in [0.1, 0.15) is 10.2 Å². The highest BCUT2D eigenvalue weighted by atomic mass is 79.9. The number of amides is 1. The summed E-state index contributed by atoms with van der Waals surface area (Å²) < 4.78 is 8.19. The number of likely N-dealkylation sites (N-methyl/N-ethyl adjacent to an activating group) is 1. The number of hydrogen-bond acceptors (Lipinski definition) is 4. The quantitative estimate of drug-likeness (QED) is 0.750. The number of nitrogens with zero attached hydrogens (tertiary/aromatic N) is 4. The molecule has 0 unspecified atom stereocenters. The van der Waals surface area contributed by atoms with E-state index in [1.807, 2.05) is 31.5 Å². The normalized spacial score (nSPS) is 13.1. The number of carbonyl (C=O) groups is 1. The van der Waals surface area contributed by atoms with Crippen molar-refractivity contribution in [2.24, 2.45) is 0 Å². The number of carbonyl (C=O) groups excluding carboxylic acids is 1. The number of fused-ring (bicyclic) bond motifs is 1. The van der Waals surface area contributed by atoms with Crippen molar-refractivity contribution in [2.45, 2.75) is 52.2 Å². The zero-order chi connectivity index (χ0) is 17.9. The molecule has 0 saturated heterocycles. The van der Waals surface area contributed by atoms with Crippen LogP contribution in [0.25, 0.3) is 10.9 Å². The molecule has 2 heterocycles. The fourth-order valence-electron chi connectivity index (χ4n) is 2.58. The molecule has 0 fully saturated rings. The lowest BCUT2D eigenvalue weighted by atomic mass is 10.1. The molecule has 0 spiro atoms. The van der Waals surface area contributed by atoms with Gasteiger partial charge in [0.15, 0.2) is 0 Å². The number of hydrogen-bond donors (Lipinski definition) is 0. The van der Waals surface area contributed by atoms with Crippen LogP contribution in [0.5, 0.6) is 0 Å². The first kappa shape index (κ1) is 18.7. The highest BCUT2D eigenvalue weighted by Crippen LogP contribution is 2.27. The van der Waals surface area contributed by atoms with Crippen LogP contribution >= 0.6 is 15.9 Å². The van der Waals surface area contributed by atoms with Crippen molar-refractivity contribution in [3.05, 3.63) is 23.1 Å². The van der Waals surface area contributed by atoms with Crippen LogP contribution in [-0.4, -0.2) is 45.0 Å². The van der Waals surface area contributed by atoms with Gasteiger partial charge < -0.3 is 9.64 Å². The molecule has 2 rings (SSSR count). The van der Waals surface area contributed by atoms with Crippen LogP contribution in [-0.2, 0) is 4.74 Å². The van der Waals surface area contributed by atoms with Crippen LogP contribution in [0.1, 0.15) is 46.6 Å². The summed E-state index contributed by atoms with van der Waals surface area (Å²) in [7, 11) is 1.76. The Morgan fingerprint density at radius 2 is 2.17 bits per heavy atom. The van der Waals surface area contributed by atoms with Crippen molar-refractivity contribution < 1.29 is 9.53 Å². The Labute approximate surface area is 151 Å². The van der Waals surface area contributed by atoms with E-state index in [1.165, 1.54) is 0 Å². The predicted octanol–water partition coefficient (Wildman–Crippen LogP) is 4.40. The summed E-state index contributed by atoms with van der Waals surface area (Å²) in [6, 6.07) is 2.02. The number of rotatable bonds is 5. The van der Waals surface area contributed by atoms with E-state index < -0.39 is 5.60 Å². The van der Waals surface area contributed by atoms with E-state index in [-0.39, 0.29) is 12.1 Å². The van der Waals surface area contributed by atoms with Gasteiger partial charge in [-0.1, -0.05) is 13.3 Å². The van der Waals surface area contributed by atoms with Crippen molar-refractivity contribution in [3.63, 3.8) is 0 Å². The zero-order valence-electron chi connectivity index (χ0n) is 14.9. The number of pyridine rings is 1. The summed E-state index contributed by atoms with van der Waals surface area (Å²) in [6.45, 7) is 8.27. The monoisotopic (exact) mass is 396 g/mol. The van der Waals surface area contributed by atoms with Crippen molar-refractivity contribution in [1.82, 2.24) is 19.7 Å². The van der Waals surface area contributed by atoms with E-state index in [9.17, 15) is 4.79 Å². The van der Waals surface area contributed by atoms with Crippen molar-refractivity contribution >= 4 is 32.9 Å². The fourth-order valence-corrected chi connectivity index (χ4v) is 3.06. The molecule has 7 heteroatoms. The lowest BCUT2D eigenvalue weighted by Gasteiger charge is -2.28. The summed E-state index contributed by atoms with van der Waals surface area (Å²) in [5, 5.41) is 5.58. The fraction of sp³-hybridized carbons (Fsp3) is 0.588. The lowest BCUT2D eigenvalue weighted by Crippen LogP contribution is -2.37. The number of aromatic nitrogens is 3. The Kier molecular flexibility index (Phi) is 5.85. The van der Waals surface area contributed by atoms with Gasteiger partial charge in [-0.3, -0.25) is 9.67 Å². The second-order valence-corrected chi connectivity index (χ2v) is 7.68. The van der Waals surface area contributed by atoms with Crippen molar-refractivity contribution in [3.8, 4) is 0 Å². The average molecular weight is 397 g/mol. The van der Waals surface area contributed by atoms with E-state index in [2.05, 4.69) is 32.9 Å². The molecule has 6 nitrogen and oxygen atoms in total. The maximum absolute atomic E-state index is 12.3. The Balaban J connectivity index is 2.24. The van der Waals surface area contributed by atoms with Crippen molar-refractivity contribution in [1.29, 1.82) is 0 Å². The first-order chi connectivity index (χ1) is 11.2. The predicted molar refractivity (Wildman–Crippen MR) is 98.0 cm³/mol. The minimum absolute atomic E-state index is 0.0729. The Morgan fingerprint density at radius 3 is 2.79 bits per heavy atom. The van der Waals surface area contributed by atoms with Crippen molar-refractivity contribution in [2.75, 3.05) is 13.6 Å². The third kappa shape index (κ3) is 4.47. The van der Waals surface area contributed by atoms with Crippen LogP contribution in [0.2, 0.25) is 0 Å². The number of ether oxygens (including phenoxy) is 1. The molecule has 2 aromatic rings. The largest absolute Gasteiger partial charge is 0.444 e. The molecule has 0 aliphatic heterocycles. The van der Waals surface area contributed by atoms with Gasteiger partial charge in [-0.2, -0.15) is 5.10 Å². The summed E-state index contributed by atoms with van der Waals surface area (Å²) in [5.41, 5.74) is 0.506. The van der Waals surface area contributed by atoms with Gasteiger partial charge in [0, 0.05) is 26.0 Å². The molecule has 1 atom stereocenters. The molecule has 1 amide bonds. The van der Waals surface area contributed by atoms with Crippen LogP contribution in [0.15, 0.2) is 23.1 Å². The van der Waals surface area contributed by atoms with E-state index in [0.29, 0.717) is 6.54 Å². The summed E-state index contributed by atoms with van der Waals surface area (Å²) in [5.74, 6) is 0. The van der Waals surface area contributed by atoms with Gasteiger partial charge in [-0.05, 0) is 49.2 Å². The molecule has 24 heavy (non-hydrogen) atoms. The van der Waals surface area contributed by atoms with Gasteiger partial charge in [0.05, 0.1) is 16.9 Å². The third-order valence-corrected chi connectivity index (χ3v) is 4.21. The minimum Gasteiger partial charge on any atom is -0.444 e. The van der Waals surface area contributed by atoms with E-state index in [0.717, 1.165) is 28.3 Å². The number of halogens is 1. The standard InChI is InChI=1S/C17H25BrN4O2/c1-6-7-12(11-21(5)16(23)24-17(2,3)4)22-14-8-9-19-10-13(14)15(18)20-22/h8-10,12H,6-7,11H2,1-5H3/t12-/m1/s1. The zero-order valence-corrected chi connectivity index (χ0v) is 16.5. The highest BCUT2D eigenvalue weighted by Gasteiger charge is 2.24. The molecule has 0 radical (unpaired) electrons. The lowest BCUT2D eigenvalue weighted by molar-refractivity contribution is 0.0272. The summed E-state index contributed by atoms with van der Waals surface area (Å²) in [6.07, 6.45) is 5.15. The summed E-state index contributed by atoms with van der Waals surface area (Å²) in [4.78, 5) is 18.0. The smallest absolute Gasteiger partial charge is 0.410 e. The SMILES string of the molecule is CCC[C@H](CN(C)C(=O)OC(C)(C)C)n1nc(Br)c2cnccc21. The molecular weight excluding hydrogens is 372 g/mol. The first-order valence-electron chi connectivity index (χ1n) is 8.14. The van der Waals surface area contributed by atoms with Gasteiger partial charge in [0.2, 0.25) is 0 Å². The highest BCUT2D eigenvalue weighted by molar-refractivity contribution is 9.10. The molecule has 0 aromatic carbocycles. The molecule has 2 aromatic heterocycles. The molecule has 132 valence electrons. The summed E-state index contributed by atoms with van der Waals surface area (Å²) >= 11 is 3.49. The van der Waals surface area contributed by atoms with Gasteiger partial charge in [0.25, 0.3) is 0 Å². The van der Waals surface area contributed by atoms with E-state index >= 15 is 0 Å². The maximum Gasteiger partial charge on any atom is 0.410 e. The third-order valence-electron chi connectivity index (χ3n) is 3.62. The van der Waals surface area contributed by atoms with Crippen LogP contribution in [0.4, 0.5) is 4.79 Å². The molecule has 0 N–H and O–H groups in total. The second-order valence-electron chi connectivity index (χ2n) is 6.93. The Hall–Kier alpha value is -1.63. The topological polar surface area (TPSA) is 60.2 Å². The van der Waals surface area contributed by atoms with E-state index in [1.54, 1.807) is 24.3 Å². The molecule has 0 aliphatic rings. The van der Waals surface area contributed by atoms with Crippen LogP contribution in [0.3, 0.4) is 0 Å². The van der Waals surface area contributed by atoms with Gasteiger partial charge in [-0.15, -0.1) is 0 Å². The van der Waals surface area contributed by atoms with Crippen LogP contribution in [0, 0.1) is 0 Å². The minimum atomic E-state index is -0.501. The molecule has 0 saturated carbocycles. The molecule has 0 bridgehead atoms. The van der Waals surface area contributed by atoms with E-state index in [4.69, 9.17) is 4.74 Å². The first-order valence-corrected chi connectivity index (χ1v) is 8.94. The Morgan fingerprint density at radius 1 is 1.46 bits per heavy atom. The van der Waals surface area contributed by atoms with Gasteiger partial charge in [-0.25, -0.2) is 4.79 Å². The van der Waals surface area contributed by atoms with Crippen LogP contribution < -0.4 is 0 Å². The Bertz CT molecular complexity index is 708. The maximum atomic E-state index is 12.3. The second kappa shape index (κ2) is 7.51. The molecular formula is C17H25BrN4O2. The van der Waals surface area contributed by atoms with Gasteiger partial charge >= 0.3 is 6.09 Å². The molecule has 0 aliphatic carbocycles. The average Bonchev–Trinajstić information content (AvgIpc) is 2.83.